The van der Waals surface area contributed by atoms with Crippen LogP contribution >= 0.6 is 0 Å². The quantitative estimate of drug-likeness (QED) is 0.755. The number of carbonyl (C=O) groups is 1. The molecule has 0 aliphatic heterocycles. The molecule has 4 heteroatoms. The van der Waals surface area contributed by atoms with Gasteiger partial charge < -0.3 is 4.74 Å². The number of ether oxygens (including phenoxy) is 1. The van der Waals surface area contributed by atoms with Crippen molar-refractivity contribution < 1.29 is 9.53 Å². The van der Waals surface area contributed by atoms with Crippen LogP contribution < -0.4 is 4.74 Å². The fourth-order valence-electron chi connectivity index (χ4n) is 2.00. The lowest BCUT2D eigenvalue weighted by Crippen LogP contribution is -2.06. The molecule has 106 valence electrons. The van der Waals surface area contributed by atoms with Gasteiger partial charge in [0.15, 0.2) is 6.29 Å². The number of benzene rings is 1. The molecule has 0 aliphatic rings. The Morgan fingerprint density at radius 1 is 1.40 bits per heavy atom. The van der Waals surface area contributed by atoms with Crippen LogP contribution in [0.4, 0.5) is 0 Å². The van der Waals surface area contributed by atoms with Crippen molar-refractivity contribution in [1.82, 2.24) is 9.78 Å². The third kappa shape index (κ3) is 3.07. The van der Waals surface area contributed by atoms with Crippen molar-refractivity contribution >= 4 is 6.29 Å². The Kier molecular flexibility index (Phi) is 4.56. The molecule has 0 spiro atoms. The van der Waals surface area contributed by atoms with Gasteiger partial charge in [-0.1, -0.05) is 19.1 Å². The maximum Gasteiger partial charge on any atom is 0.153 e. The molecule has 0 bridgehead atoms. The highest BCUT2D eigenvalue weighted by Crippen LogP contribution is 2.23. The molecule has 0 N–H and O–H groups in total. The Hall–Kier alpha value is -2.10. The Labute approximate surface area is 119 Å². The minimum atomic E-state index is 0.370. The van der Waals surface area contributed by atoms with Crippen LogP contribution in [-0.4, -0.2) is 16.1 Å². The average molecular weight is 272 g/mol. The number of hydrogen-bond donors (Lipinski definition) is 0. The van der Waals surface area contributed by atoms with E-state index < -0.39 is 0 Å². The van der Waals surface area contributed by atoms with Crippen molar-refractivity contribution in [3.05, 3.63) is 47.3 Å². The first-order valence-corrected chi connectivity index (χ1v) is 6.87. The van der Waals surface area contributed by atoms with Gasteiger partial charge in [-0.25, -0.2) is 0 Å². The summed E-state index contributed by atoms with van der Waals surface area (Å²) in [4.78, 5) is 11.0. The Balaban J connectivity index is 2.09. The van der Waals surface area contributed by atoms with Gasteiger partial charge in [-0.15, -0.1) is 0 Å². The van der Waals surface area contributed by atoms with E-state index in [1.165, 1.54) is 0 Å². The minimum absolute atomic E-state index is 0.370. The van der Waals surface area contributed by atoms with Gasteiger partial charge in [-0.05, 0) is 38.0 Å². The van der Waals surface area contributed by atoms with Gasteiger partial charge in [-0.3, -0.25) is 9.48 Å². The molecule has 0 radical (unpaired) electrons. The standard InChI is InChI=1S/C16H20N2O2/c1-4-13(3)18-9-8-15(17-18)11-20-16-12(2)6-5-7-14(16)10-19/h5-10,13H,4,11H2,1-3H3. The number of hydrogen-bond acceptors (Lipinski definition) is 3. The van der Waals surface area contributed by atoms with Gasteiger partial charge in [0.05, 0.1) is 11.3 Å². The maximum atomic E-state index is 11.0. The van der Waals surface area contributed by atoms with Crippen LogP contribution in [0.3, 0.4) is 0 Å². The van der Waals surface area contributed by atoms with E-state index in [1.807, 2.05) is 36.0 Å². The zero-order valence-electron chi connectivity index (χ0n) is 12.2. The van der Waals surface area contributed by atoms with Crippen molar-refractivity contribution in [3.63, 3.8) is 0 Å². The molecule has 0 saturated carbocycles. The first kappa shape index (κ1) is 14.3. The number of rotatable bonds is 6. The summed E-state index contributed by atoms with van der Waals surface area (Å²) in [7, 11) is 0. The summed E-state index contributed by atoms with van der Waals surface area (Å²) in [6.45, 7) is 6.56. The summed E-state index contributed by atoms with van der Waals surface area (Å²) >= 11 is 0. The molecule has 1 aromatic carbocycles. The van der Waals surface area contributed by atoms with Crippen LogP contribution in [0.15, 0.2) is 30.5 Å². The van der Waals surface area contributed by atoms with Gasteiger partial charge in [0, 0.05) is 12.2 Å². The highest BCUT2D eigenvalue weighted by atomic mass is 16.5. The first-order chi connectivity index (χ1) is 9.65. The largest absolute Gasteiger partial charge is 0.486 e. The van der Waals surface area contributed by atoms with Crippen LogP contribution in [0.2, 0.25) is 0 Å². The second-order valence-electron chi connectivity index (χ2n) is 4.94. The number of nitrogens with zero attached hydrogens (tertiary/aromatic N) is 2. The van der Waals surface area contributed by atoms with Crippen LogP contribution in [0.25, 0.3) is 0 Å². The van der Waals surface area contributed by atoms with Crippen molar-refractivity contribution in [1.29, 1.82) is 0 Å². The number of aldehydes is 1. The molecule has 20 heavy (non-hydrogen) atoms. The topological polar surface area (TPSA) is 44.1 Å². The van der Waals surface area contributed by atoms with E-state index in [9.17, 15) is 4.79 Å². The summed E-state index contributed by atoms with van der Waals surface area (Å²) in [5.41, 5.74) is 2.40. The molecule has 0 amide bonds. The molecule has 1 heterocycles. The SMILES string of the molecule is CCC(C)n1ccc(COc2c(C)cccc2C=O)n1. The molecule has 0 fully saturated rings. The summed E-state index contributed by atoms with van der Waals surface area (Å²) in [6, 6.07) is 7.87. The molecule has 1 atom stereocenters. The molecule has 2 aromatic rings. The third-order valence-electron chi connectivity index (χ3n) is 3.44. The van der Waals surface area contributed by atoms with E-state index in [4.69, 9.17) is 4.74 Å². The lowest BCUT2D eigenvalue weighted by molar-refractivity contribution is 0.111. The number of carbonyl (C=O) groups excluding carboxylic acids is 1. The average Bonchev–Trinajstić information content (AvgIpc) is 2.93. The van der Waals surface area contributed by atoms with E-state index >= 15 is 0 Å². The van der Waals surface area contributed by atoms with E-state index in [0.717, 1.165) is 24.0 Å². The zero-order valence-corrected chi connectivity index (χ0v) is 12.2. The third-order valence-corrected chi connectivity index (χ3v) is 3.44. The number of aromatic nitrogens is 2. The van der Waals surface area contributed by atoms with Crippen LogP contribution in [-0.2, 0) is 6.61 Å². The molecule has 1 unspecified atom stereocenters. The smallest absolute Gasteiger partial charge is 0.153 e. The van der Waals surface area contributed by atoms with Crippen LogP contribution in [0.5, 0.6) is 5.75 Å². The van der Waals surface area contributed by atoms with E-state index in [1.54, 1.807) is 6.07 Å². The summed E-state index contributed by atoms with van der Waals surface area (Å²) < 4.78 is 7.71. The predicted octanol–water partition coefficient (Wildman–Crippen LogP) is 3.55. The van der Waals surface area contributed by atoms with Gasteiger partial charge in [0.1, 0.15) is 12.4 Å². The van der Waals surface area contributed by atoms with Crippen LogP contribution in [0, 0.1) is 6.92 Å². The lowest BCUT2D eigenvalue weighted by Gasteiger charge is -2.10. The Morgan fingerprint density at radius 3 is 2.90 bits per heavy atom. The monoisotopic (exact) mass is 272 g/mol. The first-order valence-electron chi connectivity index (χ1n) is 6.87. The Morgan fingerprint density at radius 2 is 2.20 bits per heavy atom. The Bertz CT molecular complexity index is 590. The van der Waals surface area contributed by atoms with Crippen LogP contribution in [0.1, 0.15) is 47.9 Å². The fourth-order valence-corrected chi connectivity index (χ4v) is 2.00. The number of aryl methyl sites for hydroxylation is 1. The molecular formula is C16H20N2O2. The van der Waals surface area contributed by atoms with Gasteiger partial charge in [0.2, 0.25) is 0 Å². The molecule has 2 rings (SSSR count). The maximum absolute atomic E-state index is 11.0. The molecule has 4 nitrogen and oxygen atoms in total. The van der Waals surface area contributed by atoms with E-state index in [0.29, 0.717) is 24.0 Å². The fraction of sp³-hybridized carbons (Fsp3) is 0.375. The van der Waals surface area contributed by atoms with Crippen molar-refractivity contribution in [2.24, 2.45) is 0 Å². The van der Waals surface area contributed by atoms with Crippen molar-refractivity contribution in [3.8, 4) is 5.75 Å². The normalized spacial score (nSPS) is 12.2. The second kappa shape index (κ2) is 6.37. The van der Waals surface area contributed by atoms with Crippen molar-refractivity contribution in [2.45, 2.75) is 39.8 Å². The predicted molar refractivity (Wildman–Crippen MR) is 78.1 cm³/mol. The lowest BCUT2D eigenvalue weighted by atomic mass is 10.1. The zero-order chi connectivity index (χ0) is 14.5. The highest BCUT2D eigenvalue weighted by Gasteiger charge is 2.09. The molecule has 0 saturated heterocycles. The van der Waals surface area contributed by atoms with E-state index in [-0.39, 0.29) is 0 Å². The van der Waals surface area contributed by atoms with E-state index in [2.05, 4.69) is 18.9 Å². The number of para-hydroxylation sites is 1. The molecule has 1 aromatic heterocycles. The summed E-state index contributed by atoms with van der Waals surface area (Å²) in [6.07, 6.45) is 3.82. The summed E-state index contributed by atoms with van der Waals surface area (Å²) in [5.74, 6) is 0.639. The molecular weight excluding hydrogens is 252 g/mol. The molecule has 0 aliphatic carbocycles. The van der Waals surface area contributed by atoms with Gasteiger partial charge >= 0.3 is 0 Å². The highest BCUT2D eigenvalue weighted by molar-refractivity contribution is 5.80. The summed E-state index contributed by atoms with van der Waals surface area (Å²) in [5, 5.41) is 4.48. The van der Waals surface area contributed by atoms with Gasteiger partial charge in [0.25, 0.3) is 0 Å². The van der Waals surface area contributed by atoms with Gasteiger partial charge in [-0.2, -0.15) is 5.10 Å². The second-order valence-corrected chi connectivity index (χ2v) is 4.94. The minimum Gasteiger partial charge on any atom is -0.486 e. The van der Waals surface area contributed by atoms with Crippen molar-refractivity contribution in [2.75, 3.05) is 0 Å².